The molecular weight excluding hydrogens is 410 g/mol. The van der Waals surface area contributed by atoms with Gasteiger partial charge in [-0.05, 0) is 107 Å². The van der Waals surface area contributed by atoms with E-state index in [-0.39, 0.29) is 17.9 Å². The number of allylic oxidation sites excluding steroid dienone is 1. The molecule has 1 aliphatic heterocycles. The highest BCUT2D eigenvalue weighted by Gasteiger charge is 2.64. The first kappa shape index (κ1) is 23.4. The zero-order valence-corrected chi connectivity index (χ0v) is 21.7. The number of amides is 2. The SMILES string of the molecule is CC(=O)N[C@@H](C)C(=O)N(C)[C@H]1CC[C@@]2(C)C(=CC[C@@H]3C2CC[C@]24CN(C)[C@@H](C)[C@H]2CC[C@@H]34)C1. The lowest BCUT2D eigenvalue weighted by Gasteiger charge is -2.58. The average molecular weight is 456 g/mol. The highest BCUT2D eigenvalue weighted by Crippen LogP contribution is 2.68. The molecule has 1 unspecified atom stereocenters. The normalized spacial score (nSPS) is 45.2. The third-order valence-electron chi connectivity index (χ3n) is 11.4. The van der Waals surface area contributed by atoms with Crippen molar-refractivity contribution in [3.63, 3.8) is 0 Å². The third-order valence-corrected chi connectivity index (χ3v) is 11.4. The summed E-state index contributed by atoms with van der Waals surface area (Å²) < 4.78 is 0. The molecule has 0 aromatic rings. The van der Waals surface area contributed by atoms with Gasteiger partial charge < -0.3 is 15.1 Å². The number of carbonyl (C=O) groups excluding carboxylic acids is 2. The molecule has 0 aromatic carbocycles. The number of rotatable bonds is 3. The van der Waals surface area contributed by atoms with E-state index in [1.807, 2.05) is 11.9 Å². The van der Waals surface area contributed by atoms with Crippen LogP contribution in [0.5, 0.6) is 0 Å². The van der Waals surface area contributed by atoms with Crippen LogP contribution in [0.4, 0.5) is 0 Å². The molecule has 1 N–H and O–H groups in total. The molecule has 0 radical (unpaired) electrons. The maximum absolute atomic E-state index is 12.9. The van der Waals surface area contributed by atoms with Gasteiger partial charge >= 0.3 is 0 Å². The van der Waals surface area contributed by atoms with Gasteiger partial charge in [0.1, 0.15) is 6.04 Å². The van der Waals surface area contributed by atoms with Crippen LogP contribution in [-0.2, 0) is 9.59 Å². The van der Waals surface area contributed by atoms with Crippen LogP contribution in [0.15, 0.2) is 11.6 Å². The van der Waals surface area contributed by atoms with Crippen molar-refractivity contribution in [1.82, 2.24) is 15.1 Å². The summed E-state index contributed by atoms with van der Waals surface area (Å²) in [6, 6.07) is 0.544. The predicted octanol–water partition coefficient (Wildman–Crippen LogP) is 4.23. The fourth-order valence-electron chi connectivity index (χ4n) is 9.63. The fourth-order valence-corrected chi connectivity index (χ4v) is 9.63. The van der Waals surface area contributed by atoms with Crippen molar-refractivity contribution in [3.8, 4) is 0 Å². The summed E-state index contributed by atoms with van der Waals surface area (Å²) in [5.74, 6) is 3.37. The van der Waals surface area contributed by atoms with Gasteiger partial charge in [-0.3, -0.25) is 9.59 Å². The van der Waals surface area contributed by atoms with Gasteiger partial charge in [0, 0.05) is 32.6 Å². The van der Waals surface area contributed by atoms with Crippen LogP contribution in [0.1, 0.15) is 79.1 Å². The van der Waals surface area contributed by atoms with Gasteiger partial charge in [-0.2, -0.15) is 0 Å². The van der Waals surface area contributed by atoms with E-state index in [1.165, 1.54) is 52.0 Å². The van der Waals surface area contributed by atoms with E-state index in [9.17, 15) is 9.59 Å². The molecule has 5 nitrogen and oxygen atoms in total. The van der Waals surface area contributed by atoms with Gasteiger partial charge in [0.2, 0.25) is 11.8 Å². The smallest absolute Gasteiger partial charge is 0.244 e. The maximum atomic E-state index is 12.9. The van der Waals surface area contributed by atoms with E-state index >= 15 is 0 Å². The predicted molar refractivity (Wildman–Crippen MR) is 131 cm³/mol. The number of likely N-dealkylation sites (tertiary alicyclic amines) is 1. The quantitative estimate of drug-likeness (QED) is 0.648. The Hall–Kier alpha value is -1.36. The molecule has 9 atom stereocenters. The molecule has 1 heterocycles. The monoisotopic (exact) mass is 455 g/mol. The topological polar surface area (TPSA) is 52.7 Å². The number of carbonyl (C=O) groups is 2. The molecule has 1 spiro atoms. The minimum absolute atomic E-state index is 0.0316. The van der Waals surface area contributed by atoms with Gasteiger partial charge in [0.15, 0.2) is 0 Å². The van der Waals surface area contributed by atoms with Gasteiger partial charge in [0.05, 0.1) is 0 Å². The Balaban J connectivity index is 1.33. The van der Waals surface area contributed by atoms with E-state index in [2.05, 4.69) is 37.2 Å². The molecule has 3 saturated carbocycles. The Morgan fingerprint density at radius 1 is 1.15 bits per heavy atom. The molecule has 33 heavy (non-hydrogen) atoms. The van der Waals surface area contributed by atoms with Crippen LogP contribution in [0, 0.1) is 34.5 Å². The number of likely N-dealkylation sites (N-methyl/N-ethyl adjacent to an activating group) is 1. The molecule has 5 aliphatic rings. The molecule has 4 aliphatic carbocycles. The van der Waals surface area contributed by atoms with Crippen molar-refractivity contribution >= 4 is 11.8 Å². The highest BCUT2D eigenvalue weighted by atomic mass is 16.2. The zero-order chi connectivity index (χ0) is 23.7. The van der Waals surface area contributed by atoms with Gasteiger partial charge in [0.25, 0.3) is 0 Å². The second-order valence-corrected chi connectivity index (χ2v) is 12.6. The number of hydrogen-bond acceptors (Lipinski definition) is 3. The van der Waals surface area contributed by atoms with Crippen LogP contribution in [0.25, 0.3) is 0 Å². The Kier molecular flexibility index (Phi) is 5.74. The van der Waals surface area contributed by atoms with Gasteiger partial charge in [-0.25, -0.2) is 0 Å². The summed E-state index contributed by atoms with van der Waals surface area (Å²) in [6.45, 7) is 9.62. The first-order valence-electron chi connectivity index (χ1n) is 13.5. The van der Waals surface area contributed by atoms with Gasteiger partial charge in [-0.1, -0.05) is 18.6 Å². The zero-order valence-electron chi connectivity index (χ0n) is 21.7. The van der Waals surface area contributed by atoms with Crippen molar-refractivity contribution in [2.45, 2.75) is 97.2 Å². The molecular formula is C28H45N3O2. The number of fused-ring (bicyclic) bond motifs is 4. The summed E-state index contributed by atoms with van der Waals surface area (Å²) in [7, 11) is 4.29. The molecule has 2 amide bonds. The number of hydrogen-bond donors (Lipinski definition) is 1. The largest absolute Gasteiger partial charge is 0.345 e. The number of nitrogens with zero attached hydrogens (tertiary/aromatic N) is 2. The lowest BCUT2D eigenvalue weighted by atomic mass is 9.47. The van der Waals surface area contributed by atoms with Gasteiger partial charge in [-0.15, -0.1) is 0 Å². The fraction of sp³-hybridized carbons (Fsp3) is 0.857. The van der Waals surface area contributed by atoms with E-state index in [1.54, 1.807) is 12.5 Å². The molecule has 184 valence electrons. The minimum atomic E-state index is -0.456. The molecule has 5 heteroatoms. The summed E-state index contributed by atoms with van der Waals surface area (Å²) in [6.07, 6.45) is 12.8. The highest BCUT2D eigenvalue weighted by molar-refractivity contribution is 5.86. The first-order valence-corrected chi connectivity index (χ1v) is 13.5. The Labute approximate surface area is 200 Å². The van der Waals surface area contributed by atoms with Crippen LogP contribution in [0.2, 0.25) is 0 Å². The van der Waals surface area contributed by atoms with E-state index in [0.29, 0.717) is 10.8 Å². The Bertz CT molecular complexity index is 854. The van der Waals surface area contributed by atoms with Crippen molar-refractivity contribution in [2.24, 2.45) is 34.5 Å². The second kappa shape index (κ2) is 8.10. The summed E-state index contributed by atoms with van der Waals surface area (Å²) in [5, 5.41) is 2.76. The first-order chi connectivity index (χ1) is 15.6. The Morgan fingerprint density at radius 3 is 2.61 bits per heavy atom. The second-order valence-electron chi connectivity index (χ2n) is 12.6. The van der Waals surface area contributed by atoms with Crippen LogP contribution >= 0.6 is 0 Å². The van der Waals surface area contributed by atoms with E-state index in [0.717, 1.165) is 42.6 Å². The van der Waals surface area contributed by atoms with Crippen molar-refractivity contribution in [1.29, 1.82) is 0 Å². The van der Waals surface area contributed by atoms with Crippen LogP contribution < -0.4 is 5.32 Å². The summed E-state index contributed by atoms with van der Waals surface area (Å²) >= 11 is 0. The molecule has 1 saturated heterocycles. The van der Waals surface area contributed by atoms with Crippen molar-refractivity contribution in [2.75, 3.05) is 20.6 Å². The van der Waals surface area contributed by atoms with Crippen LogP contribution in [-0.4, -0.2) is 60.4 Å². The standard InChI is InChI=1S/C28H45N3O2/c1-17(29-19(3)32)26(33)31(6)21-11-13-27(4)20(15-21)7-8-22-24(27)12-14-28-16-30(5)18(2)23(28)9-10-25(22)28/h7,17-18,21-25H,8-16H2,1-6H3,(H,29,32)/t17-,18-,21-,22+,23+,24?,25-,27-,28-/m0/s1. The lowest BCUT2D eigenvalue weighted by molar-refractivity contribution is -0.137. The summed E-state index contributed by atoms with van der Waals surface area (Å²) in [4.78, 5) is 28.9. The minimum Gasteiger partial charge on any atom is -0.345 e. The van der Waals surface area contributed by atoms with E-state index < -0.39 is 6.04 Å². The maximum Gasteiger partial charge on any atom is 0.244 e. The summed E-state index contributed by atoms with van der Waals surface area (Å²) in [5.41, 5.74) is 2.51. The average Bonchev–Trinajstić information content (AvgIpc) is 3.25. The van der Waals surface area contributed by atoms with Crippen molar-refractivity contribution < 1.29 is 9.59 Å². The molecule has 5 rings (SSSR count). The lowest BCUT2D eigenvalue weighted by Crippen LogP contribution is -2.54. The molecule has 0 aromatic heterocycles. The van der Waals surface area contributed by atoms with Crippen molar-refractivity contribution in [3.05, 3.63) is 11.6 Å². The third kappa shape index (κ3) is 3.43. The van der Waals surface area contributed by atoms with Crippen LogP contribution in [0.3, 0.4) is 0 Å². The molecule has 0 bridgehead atoms. The Morgan fingerprint density at radius 2 is 1.88 bits per heavy atom. The van der Waals surface area contributed by atoms with E-state index in [4.69, 9.17) is 0 Å². The number of nitrogens with one attached hydrogen (secondary N) is 1. The molecule has 4 fully saturated rings.